The fraction of sp³-hybridized carbons (Fsp3) is 0.438. The minimum Gasteiger partial charge on any atom is -0.467 e. The Morgan fingerprint density at radius 3 is 2.64 bits per heavy atom. The quantitative estimate of drug-likeness (QED) is 0.579. The number of fused-ring (bicyclic) bond motifs is 1. The Kier molecular flexibility index (Phi) is 5.39. The van der Waals surface area contributed by atoms with E-state index < -0.39 is 5.60 Å². The SMILES string of the molecule is COCOc1ccc(CC(C)(OC)C(=O)OC)c2sccc12. The second kappa shape index (κ2) is 7.09. The van der Waals surface area contributed by atoms with Crippen molar-refractivity contribution in [3.63, 3.8) is 0 Å². The average molecular weight is 324 g/mol. The predicted molar refractivity (Wildman–Crippen MR) is 85.5 cm³/mol. The Balaban J connectivity index is 2.37. The number of carbonyl (C=O) groups is 1. The Hall–Kier alpha value is -1.63. The fourth-order valence-electron chi connectivity index (χ4n) is 2.29. The topological polar surface area (TPSA) is 54.0 Å². The normalized spacial score (nSPS) is 13.8. The van der Waals surface area contributed by atoms with Crippen molar-refractivity contribution in [1.82, 2.24) is 0 Å². The number of esters is 1. The summed E-state index contributed by atoms with van der Waals surface area (Å²) in [6.07, 6.45) is 0.428. The molecule has 2 rings (SSSR count). The van der Waals surface area contributed by atoms with Gasteiger partial charge in [-0.15, -0.1) is 11.3 Å². The predicted octanol–water partition coefficient (Wildman–Crippen LogP) is 3.00. The first-order valence-electron chi connectivity index (χ1n) is 6.80. The van der Waals surface area contributed by atoms with Gasteiger partial charge < -0.3 is 18.9 Å². The van der Waals surface area contributed by atoms with Gasteiger partial charge in [-0.3, -0.25) is 0 Å². The van der Waals surface area contributed by atoms with Crippen molar-refractivity contribution in [3.8, 4) is 5.75 Å². The third-order valence-electron chi connectivity index (χ3n) is 3.59. The van der Waals surface area contributed by atoms with Gasteiger partial charge in [0.15, 0.2) is 12.4 Å². The number of hydrogen-bond acceptors (Lipinski definition) is 6. The van der Waals surface area contributed by atoms with Crippen LogP contribution in [0.15, 0.2) is 23.6 Å². The zero-order valence-corrected chi connectivity index (χ0v) is 14.0. The second-order valence-electron chi connectivity index (χ2n) is 5.04. The molecular formula is C16H20O5S. The molecule has 0 fully saturated rings. The van der Waals surface area contributed by atoms with Crippen LogP contribution in [0.1, 0.15) is 12.5 Å². The number of benzene rings is 1. The molecule has 22 heavy (non-hydrogen) atoms. The number of carbonyl (C=O) groups excluding carboxylic acids is 1. The molecule has 0 bridgehead atoms. The molecule has 1 atom stereocenters. The number of methoxy groups -OCH3 is 3. The van der Waals surface area contributed by atoms with Crippen molar-refractivity contribution in [2.75, 3.05) is 28.1 Å². The lowest BCUT2D eigenvalue weighted by Gasteiger charge is -2.25. The third kappa shape index (κ3) is 3.24. The maximum Gasteiger partial charge on any atom is 0.338 e. The van der Waals surface area contributed by atoms with Crippen LogP contribution < -0.4 is 4.74 Å². The van der Waals surface area contributed by atoms with Gasteiger partial charge in [0.2, 0.25) is 0 Å². The lowest BCUT2D eigenvalue weighted by molar-refractivity contribution is -0.163. The zero-order valence-electron chi connectivity index (χ0n) is 13.2. The standard InChI is InChI=1S/C16H20O5S/c1-16(20-4,15(17)19-3)9-11-5-6-13(21-10-18-2)12-7-8-22-14(11)12/h5-8H,9-10H2,1-4H3. The summed E-state index contributed by atoms with van der Waals surface area (Å²) < 4.78 is 21.8. The van der Waals surface area contributed by atoms with Crippen molar-refractivity contribution < 1.29 is 23.7 Å². The highest BCUT2D eigenvalue weighted by Gasteiger charge is 2.35. The summed E-state index contributed by atoms with van der Waals surface area (Å²) in [5.74, 6) is 0.374. The summed E-state index contributed by atoms with van der Waals surface area (Å²) >= 11 is 1.60. The fourth-order valence-corrected chi connectivity index (χ4v) is 3.22. The van der Waals surface area contributed by atoms with Gasteiger partial charge in [0.05, 0.1) is 7.11 Å². The Morgan fingerprint density at radius 1 is 1.23 bits per heavy atom. The van der Waals surface area contributed by atoms with Gasteiger partial charge in [0.25, 0.3) is 0 Å². The summed E-state index contributed by atoms with van der Waals surface area (Å²) in [6, 6.07) is 5.83. The van der Waals surface area contributed by atoms with Gasteiger partial charge in [-0.1, -0.05) is 6.07 Å². The second-order valence-corrected chi connectivity index (χ2v) is 5.96. The van der Waals surface area contributed by atoms with Crippen LogP contribution in [-0.4, -0.2) is 39.7 Å². The van der Waals surface area contributed by atoms with Gasteiger partial charge in [-0.2, -0.15) is 0 Å². The molecule has 0 amide bonds. The van der Waals surface area contributed by atoms with Crippen LogP contribution in [0.4, 0.5) is 0 Å². The zero-order chi connectivity index (χ0) is 16.2. The first-order chi connectivity index (χ1) is 10.6. The molecule has 1 unspecified atom stereocenters. The van der Waals surface area contributed by atoms with E-state index in [2.05, 4.69) is 0 Å². The number of hydrogen-bond donors (Lipinski definition) is 0. The molecule has 0 saturated carbocycles. The molecule has 1 aromatic heterocycles. The summed E-state index contributed by atoms with van der Waals surface area (Å²) in [7, 11) is 4.46. The minimum absolute atomic E-state index is 0.197. The maximum absolute atomic E-state index is 12.0. The summed E-state index contributed by atoms with van der Waals surface area (Å²) in [6.45, 7) is 1.93. The number of thiophene rings is 1. The van der Waals surface area contributed by atoms with Gasteiger partial charge in [-0.25, -0.2) is 4.79 Å². The lowest BCUT2D eigenvalue weighted by Crippen LogP contribution is -2.40. The molecule has 1 aromatic carbocycles. The molecule has 6 heteroatoms. The summed E-state index contributed by atoms with van der Waals surface area (Å²) in [5, 5.41) is 3.00. The van der Waals surface area contributed by atoms with Gasteiger partial charge in [0.1, 0.15) is 5.75 Å². The minimum atomic E-state index is -1.01. The van der Waals surface area contributed by atoms with Crippen molar-refractivity contribution in [1.29, 1.82) is 0 Å². The van der Waals surface area contributed by atoms with E-state index in [1.165, 1.54) is 14.2 Å². The molecule has 0 N–H and O–H groups in total. The Morgan fingerprint density at radius 2 is 2.00 bits per heavy atom. The monoisotopic (exact) mass is 324 g/mol. The molecule has 2 aromatic rings. The molecule has 0 aliphatic rings. The summed E-state index contributed by atoms with van der Waals surface area (Å²) in [5.41, 5.74) is 0.00475. The van der Waals surface area contributed by atoms with Crippen molar-refractivity contribution in [3.05, 3.63) is 29.1 Å². The molecular weight excluding hydrogens is 304 g/mol. The smallest absolute Gasteiger partial charge is 0.338 e. The third-order valence-corrected chi connectivity index (χ3v) is 4.58. The maximum atomic E-state index is 12.0. The van der Waals surface area contributed by atoms with Crippen LogP contribution >= 0.6 is 11.3 Å². The first-order valence-corrected chi connectivity index (χ1v) is 7.68. The molecule has 0 saturated heterocycles. The van der Waals surface area contributed by atoms with Crippen LogP contribution in [0.2, 0.25) is 0 Å². The van der Waals surface area contributed by atoms with Crippen LogP contribution in [0.5, 0.6) is 5.75 Å². The van der Waals surface area contributed by atoms with E-state index in [0.717, 1.165) is 21.4 Å². The van der Waals surface area contributed by atoms with E-state index in [9.17, 15) is 4.79 Å². The van der Waals surface area contributed by atoms with E-state index >= 15 is 0 Å². The van der Waals surface area contributed by atoms with E-state index in [0.29, 0.717) is 6.42 Å². The van der Waals surface area contributed by atoms with E-state index in [4.69, 9.17) is 18.9 Å². The van der Waals surface area contributed by atoms with Gasteiger partial charge >= 0.3 is 5.97 Å². The molecule has 0 aliphatic heterocycles. The van der Waals surface area contributed by atoms with Crippen molar-refractivity contribution in [2.45, 2.75) is 18.9 Å². The molecule has 120 valence electrons. The largest absolute Gasteiger partial charge is 0.467 e. The molecule has 0 spiro atoms. The number of ether oxygens (including phenoxy) is 4. The first kappa shape index (κ1) is 16.7. The van der Waals surface area contributed by atoms with Gasteiger partial charge in [-0.05, 0) is 30.0 Å². The average Bonchev–Trinajstić information content (AvgIpc) is 3.03. The van der Waals surface area contributed by atoms with Gasteiger partial charge in [0, 0.05) is 30.7 Å². The molecule has 1 heterocycles. The van der Waals surface area contributed by atoms with Crippen molar-refractivity contribution >= 4 is 27.4 Å². The highest BCUT2D eigenvalue weighted by atomic mass is 32.1. The molecule has 5 nitrogen and oxygen atoms in total. The Bertz CT molecular complexity index is 651. The van der Waals surface area contributed by atoms with Crippen molar-refractivity contribution in [2.24, 2.45) is 0 Å². The summed E-state index contributed by atoms with van der Waals surface area (Å²) in [4.78, 5) is 12.0. The van der Waals surface area contributed by atoms with E-state index in [1.807, 2.05) is 23.6 Å². The van der Waals surface area contributed by atoms with E-state index in [-0.39, 0.29) is 12.8 Å². The molecule has 0 radical (unpaired) electrons. The van der Waals surface area contributed by atoms with Crippen LogP contribution in [0.25, 0.3) is 10.1 Å². The Labute approximate surface area is 133 Å². The van der Waals surface area contributed by atoms with Crippen LogP contribution in [-0.2, 0) is 25.4 Å². The van der Waals surface area contributed by atoms with Crippen LogP contribution in [0, 0.1) is 0 Å². The number of rotatable bonds is 7. The lowest BCUT2D eigenvalue weighted by atomic mass is 9.95. The van der Waals surface area contributed by atoms with Crippen LogP contribution in [0.3, 0.4) is 0 Å². The van der Waals surface area contributed by atoms with E-state index in [1.54, 1.807) is 25.4 Å². The highest BCUT2D eigenvalue weighted by Crippen LogP contribution is 2.35. The highest BCUT2D eigenvalue weighted by molar-refractivity contribution is 7.17. The molecule has 0 aliphatic carbocycles.